The smallest absolute Gasteiger partial charge is 0.132 e. The van der Waals surface area contributed by atoms with E-state index in [0.29, 0.717) is 5.02 Å². The molecule has 0 spiro atoms. The van der Waals surface area contributed by atoms with E-state index in [9.17, 15) is 0 Å². The number of benzene rings is 2. The summed E-state index contributed by atoms with van der Waals surface area (Å²) in [6.45, 7) is 1.54. The van der Waals surface area contributed by atoms with Crippen LogP contribution < -0.4 is 10.6 Å². The minimum Gasteiger partial charge on any atom is -0.350 e. The van der Waals surface area contributed by atoms with Crippen LogP contribution >= 0.6 is 11.6 Å². The van der Waals surface area contributed by atoms with Gasteiger partial charge in [-0.05, 0) is 23.3 Å². The van der Waals surface area contributed by atoms with E-state index in [0.717, 1.165) is 30.2 Å². The van der Waals surface area contributed by atoms with E-state index in [1.54, 1.807) is 6.33 Å². The lowest BCUT2D eigenvalue weighted by atomic mass is 9.96. The van der Waals surface area contributed by atoms with Crippen LogP contribution in [-0.4, -0.2) is 16.5 Å². The molecule has 4 rings (SSSR count). The summed E-state index contributed by atoms with van der Waals surface area (Å²) in [4.78, 5) is 11.0. The van der Waals surface area contributed by atoms with E-state index < -0.39 is 0 Å². The fourth-order valence-corrected chi connectivity index (χ4v) is 3.34. The van der Waals surface area contributed by atoms with Crippen LogP contribution in [0, 0.1) is 0 Å². The molecule has 5 heteroatoms. The van der Waals surface area contributed by atoms with Crippen molar-refractivity contribution in [3.05, 3.63) is 77.1 Å². The van der Waals surface area contributed by atoms with Crippen molar-refractivity contribution in [2.75, 3.05) is 11.4 Å². The highest BCUT2D eigenvalue weighted by Gasteiger charge is 2.23. The summed E-state index contributed by atoms with van der Waals surface area (Å²) in [5.41, 5.74) is 10.6. The van der Waals surface area contributed by atoms with Crippen molar-refractivity contribution >= 4 is 17.4 Å². The van der Waals surface area contributed by atoms with Crippen LogP contribution in [0.3, 0.4) is 0 Å². The molecule has 0 fully saturated rings. The number of hydrogen-bond donors (Lipinski definition) is 1. The van der Waals surface area contributed by atoms with Crippen molar-refractivity contribution in [2.45, 2.75) is 12.6 Å². The number of halogens is 1. The van der Waals surface area contributed by atoms with Gasteiger partial charge in [-0.2, -0.15) is 0 Å². The van der Waals surface area contributed by atoms with Crippen molar-refractivity contribution in [2.24, 2.45) is 5.73 Å². The molecule has 0 saturated heterocycles. The number of rotatable bonds is 2. The molecule has 0 radical (unpaired) electrons. The first kappa shape index (κ1) is 15.1. The van der Waals surface area contributed by atoms with E-state index >= 15 is 0 Å². The Bertz CT molecular complexity index is 881. The standard InChI is InChI=1S/C19H17ClN4/c20-15-6-3-5-13(8-15)18-9-19(23-12-22-18)24-10-14-4-1-2-7-16(14)17(21)11-24/h1-9,12,17H,10-11,21H2. The second-order valence-corrected chi connectivity index (χ2v) is 6.39. The SMILES string of the molecule is NC1CN(c2cc(-c3cccc(Cl)c3)ncn2)Cc2ccccc21. The molecule has 3 aromatic rings. The number of anilines is 1. The molecule has 0 saturated carbocycles. The summed E-state index contributed by atoms with van der Waals surface area (Å²) in [5.74, 6) is 0.880. The van der Waals surface area contributed by atoms with Gasteiger partial charge in [0.2, 0.25) is 0 Å². The van der Waals surface area contributed by atoms with Gasteiger partial charge in [-0.1, -0.05) is 48.0 Å². The molecule has 0 bridgehead atoms. The molecule has 2 heterocycles. The first-order valence-electron chi connectivity index (χ1n) is 7.87. The van der Waals surface area contributed by atoms with Gasteiger partial charge < -0.3 is 10.6 Å². The Balaban J connectivity index is 1.67. The average Bonchev–Trinajstić information content (AvgIpc) is 2.62. The molecule has 0 aliphatic carbocycles. The third-order valence-electron chi connectivity index (χ3n) is 4.33. The van der Waals surface area contributed by atoms with Crippen LogP contribution in [0.5, 0.6) is 0 Å². The zero-order chi connectivity index (χ0) is 16.5. The number of nitrogens with zero attached hydrogens (tertiary/aromatic N) is 3. The van der Waals surface area contributed by atoms with Gasteiger partial charge in [-0.15, -0.1) is 0 Å². The molecule has 2 N–H and O–H groups in total. The van der Waals surface area contributed by atoms with Gasteiger partial charge in [-0.3, -0.25) is 0 Å². The second kappa shape index (κ2) is 6.23. The normalized spacial score (nSPS) is 16.8. The highest BCUT2D eigenvalue weighted by Crippen LogP contribution is 2.29. The molecule has 24 heavy (non-hydrogen) atoms. The predicted molar refractivity (Wildman–Crippen MR) is 96.9 cm³/mol. The van der Waals surface area contributed by atoms with E-state index in [2.05, 4.69) is 27.0 Å². The fraction of sp³-hybridized carbons (Fsp3) is 0.158. The lowest BCUT2D eigenvalue weighted by molar-refractivity contribution is 0.613. The molecule has 0 amide bonds. The van der Waals surface area contributed by atoms with Crippen LogP contribution in [0.4, 0.5) is 5.82 Å². The maximum atomic E-state index is 6.34. The summed E-state index contributed by atoms with van der Waals surface area (Å²) in [7, 11) is 0. The van der Waals surface area contributed by atoms with Crippen LogP contribution in [-0.2, 0) is 6.54 Å². The Kier molecular flexibility index (Phi) is 3.92. The zero-order valence-electron chi connectivity index (χ0n) is 13.1. The van der Waals surface area contributed by atoms with Gasteiger partial charge in [0.25, 0.3) is 0 Å². The average molecular weight is 337 g/mol. The zero-order valence-corrected chi connectivity index (χ0v) is 13.8. The molecule has 4 nitrogen and oxygen atoms in total. The van der Waals surface area contributed by atoms with Gasteiger partial charge in [0.1, 0.15) is 12.1 Å². The summed E-state index contributed by atoms with van der Waals surface area (Å²) in [6, 6.07) is 18.0. The van der Waals surface area contributed by atoms with Gasteiger partial charge in [0, 0.05) is 35.8 Å². The summed E-state index contributed by atoms with van der Waals surface area (Å²) >= 11 is 6.09. The quantitative estimate of drug-likeness (QED) is 0.773. The van der Waals surface area contributed by atoms with Crippen molar-refractivity contribution in [1.29, 1.82) is 0 Å². The van der Waals surface area contributed by atoms with E-state index in [1.165, 1.54) is 11.1 Å². The minimum absolute atomic E-state index is 0.0143. The topological polar surface area (TPSA) is 55.0 Å². The van der Waals surface area contributed by atoms with Gasteiger partial charge in [0.15, 0.2) is 0 Å². The highest BCUT2D eigenvalue weighted by atomic mass is 35.5. The third kappa shape index (κ3) is 2.86. The second-order valence-electron chi connectivity index (χ2n) is 5.96. The number of nitrogens with two attached hydrogens (primary N) is 1. The van der Waals surface area contributed by atoms with Gasteiger partial charge >= 0.3 is 0 Å². The van der Waals surface area contributed by atoms with Crippen molar-refractivity contribution in [3.63, 3.8) is 0 Å². The maximum Gasteiger partial charge on any atom is 0.132 e. The van der Waals surface area contributed by atoms with Gasteiger partial charge in [-0.25, -0.2) is 9.97 Å². The van der Waals surface area contributed by atoms with E-state index in [-0.39, 0.29) is 6.04 Å². The van der Waals surface area contributed by atoms with Crippen LogP contribution in [0.25, 0.3) is 11.3 Å². The molecular formula is C19H17ClN4. The van der Waals surface area contributed by atoms with Crippen molar-refractivity contribution in [3.8, 4) is 11.3 Å². The molecule has 1 aliphatic heterocycles. The molecule has 1 aromatic heterocycles. The van der Waals surface area contributed by atoms with Crippen LogP contribution in [0.1, 0.15) is 17.2 Å². The molecular weight excluding hydrogens is 320 g/mol. The predicted octanol–water partition coefficient (Wildman–Crippen LogP) is 3.82. The van der Waals surface area contributed by atoms with Gasteiger partial charge in [0.05, 0.1) is 5.69 Å². The van der Waals surface area contributed by atoms with Crippen LogP contribution in [0.2, 0.25) is 5.02 Å². The highest BCUT2D eigenvalue weighted by molar-refractivity contribution is 6.30. The monoisotopic (exact) mass is 336 g/mol. The van der Waals surface area contributed by atoms with E-state index in [1.807, 2.05) is 42.5 Å². The first-order valence-corrected chi connectivity index (χ1v) is 8.25. The lowest BCUT2D eigenvalue weighted by Gasteiger charge is -2.33. The third-order valence-corrected chi connectivity index (χ3v) is 4.56. The largest absolute Gasteiger partial charge is 0.350 e. The Morgan fingerprint density at radius 2 is 1.92 bits per heavy atom. The molecule has 120 valence electrons. The lowest BCUT2D eigenvalue weighted by Crippen LogP contribution is -2.37. The Morgan fingerprint density at radius 3 is 2.79 bits per heavy atom. The maximum absolute atomic E-state index is 6.34. The summed E-state index contributed by atoms with van der Waals surface area (Å²) in [5, 5.41) is 0.696. The molecule has 1 atom stereocenters. The summed E-state index contributed by atoms with van der Waals surface area (Å²) < 4.78 is 0. The Morgan fingerprint density at radius 1 is 1.04 bits per heavy atom. The fourth-order valence-electron chi connectivity index (χ4n) is 3.15. The molecule has 1 aliphatic rings. The minimum atomic E-state index is -0.0143. The Hall–Kier alpha value is -2.43. The van der Waals surface area contributed by atoms with E-state index in [4.69, 9.17) is 17.3 Å². The van der Waals surface area contributed by atoms with Crippen LogP contribution in [0.15, 0.2) is 60.9 Å². The number of hydrogen-bond acceptors (Lipinski definition) is 4. The molecule has 2 aromatic carbocycles. The number of fused-ring (bicyclic) bond motifs is 1. The first-order chi connectivity index (χ1) is 11.7. The number of aromatic nitrogens is 2. The van der Waals surface area contributed by atoms with Crippen molar-refractivity contribution in [1.82, 2.24) is 9.97 Å². The summed E-state index contributed by atoms with van der Waals surface area (Å²) in [6.07, 6.45) is 1.59. The van der Waals surface area contributed by atoms with Crippen molar-refractivity contribution < 1.29 is 0 Å². The Labute approximate surface area is 145 Å². The molecule has 1 unspecified atom stereocenters.